The predicted octanol–water partition coefficient (Wildman–Crippen LogP) is 3.49. The number of ether oxygens (including phenoxy) is 2. The number of rotatable bonds is 8. The highest BCUT2D eigenvalue weighted by Gasteiger charge is 2.04. The van der Waals surface area contributed by atoms with Gasteiger partial charge < -0.3 is 15.2 Å². The first-order chi connectivity index (χ1) is 8.58. The minimum Gasteiger partial charge on any atom is -0.493 e. The smallest absolute Gasteiger partial charge is 0.121 e. The molecule has 1 atom stereocenters. The summed E-state index contributed by atoms with van der Waals surface area (Å²) in [7, 11) is 0. The van der Waals surface area contributed by atoms with Crippen LogP contribution in [0.3, 0.4) is 0 Å². The highest BCUT2D eigenvalue weighted by atomic mass is 16.5. The Labute approximate surface area is 110 Å². The number of hydrogen-bond donors (Lipinski definition) is 1. The molecule has 0 saturated heterocycles. The summed E-state index contributed by atoms with van der Waals surface area (Å²) in [5.74, 6) is 1.51. The van der Waals surface area contributed by atoms with E-state index in [0.29, 0.717) is 18.6 Å². The third kappa shape index (κ3) is 6.50. The average molecular weight is 251 g/mol. The lowest BCUT2D eigenvalue weighted by Crippen LogP contribution is -2.13. The lowest BCUT2D eigenvalue weighted by atomic mass is 10.1. The molecule has 0 aliphatic heterocycles. The topological polar surface area (TPSA) is 44.5 Å². The number of nitrogens with two attached hydrogens (primary N) is 1. The number of hydrogen-bond acceptors (Lipinski definition) is 3. The largest absolute Gasteiger partial charge is 0.493 e. The molecule has 3 nitrogen and oxygen atoms in total. The van der Waals surface area contributed by atoms with Crippen molar-refractivity contribution in [1.29, 1.82) is 0 Å². The van der Waals surface area contributed by atoms with Crippen LogP contribution in [-0.4, -0.2) is 19.3 Å². The fourth-order valence-corrected chi connectivity index (χ4v) is 1.87. The van der Waals surface area contributed by atoms with Gasteiger partial charge in [0.2, 0.25) is 0 Å². The van der Waals surface area contributed by atoms with Gasteiger partial charge in [0.25, 0.3) is 0 Å². The molecule has 0 amide bonds. The fourth-order valence-electron chi connectivity index (χ4n) is 1.87. The first-order valence-electron chi connectivity index (χ1n) is 6.68. The Kier molecular flexibility index (Phi) is 6.58. The minimum atomic E-state index is 0.331. The standard InChI is InChI=1S/C15H25NO2/c1-12(2)10-13(3)17-8-5-9-18-15-7-4-6-14(16)11-15/h4,6-7,11-13H,5,8-10,16H2,1-3H3. The van der Waals surface area contributed by atoms with E-state index in [4.69, 9.17) is 15.2 Å². The molecule has 102 valence electrons. The van der Waals surface area contributed by atoms with Crippen molar-refractivity contribution in [3.8, 4) is 5.75 Å². The minimum absolute atomic E-state index is 0.331. The van der Waals surface area contributed by atoms with Crippen LogP contribution in [0.2, 0.25) is 0 Å². The molecule has 18 heavy (non-hydrogen) atoms. The quantitative estimate of drug-likeness (QED) is 0.568. The second-order valence-electron chi connectivity index (χ2n) is 5.09. The SMILES string of the molecule is CC(C)CC(C)OCCCOc1cccc(N)c1. The van der Waals surface area contributed by atoms with Crippen LogP contribution < -0.4 is 10.5 Å². The van der Waals surface area contributed by atoms with Crippen molar-refractivity contribution >= 4 is 5.69 Å². The molecule has 1 aromatic carbocycles. The van der Waals surface area contributed by atoms with Gasteiger partial charge in [0.05, 0.1) is 19.3 Å². The maximum Gasteiger partial charge on any atom is 0.121 e. The van der Waals surface area contributed by atoms with Crippen LogP contribution in [0.5, 0.6) is 5.75 Å². The molecule has 0 fully saturated rings. The summed E-state index contributed by atoms with van der Waals surface area (Å²) in [6.45, 7) is 7.96. The molecule has 1 aromatic rings. The monoisotopic (exact) mass is 251 g/mol. The van der Waals surface area contributed by atoms with E-state index < -0.39 is 0 Å². The fraction of sp³-hybridized carbons (Fsp3) is 0.600. The van der Waals surface area contributed by atoms with E-state index in [1.807, 2.05) is 24.3 Å². The van der Waals surface area contributed by atoms with E-state index in [9.17, 15) is 0 Å². The molecule has 0 radical (unpaired) electrons. The summed E-state index contributed by atoms with van der Waals surface area (Å²) >= 11 is 0. The van der Waals surface area contributed by atoms with Gasteiger partial charge in [-0.1, -0.05) is 19.9 Å². The molecule has 1 rings (SSSR count). The summed E-state index contributed by atoms with van der Waals surface area (Å²) in [5.41, 5.74) is 6.40. The van der Waals surface area contributed by atoms with Crippen molar-refractivity contribution in [3.63, 3.8) is 0 Å². The maximum absolute atomic E-state index is 5.71. The molecule has 0 aliphatic carbocycles. The Balaban J connectivity index is 2.08. The molecule has 0 saturated carbocycles. The van der Waals surface area contributed by atoms with Crippen LogP contribution in [0.15, 0.2) is 24.3 Å². The molecule has 0 bridgehead atoms. The third-order valence-corrected chi connectivity index (χ3v) is 2.62. The molecule has 0 heterocycles. The maximum atomic E-state index is 5.71. The average Bonchev–Trinajstić information content (AvgIpc) is 2.27. The summed E-state index contributed by atoms with van der Waals surface area (Å²) < 4.78 is 11.3. The first kappa shape index (κ1) is 14.8. The van der Waals surface area contributed by atoms with E-state index in [-0.39, 0.29) is 0 Å². The molecule has 0 aromatic heterocycles. The highest BCUT2D eigenvalue weighted by Crippen LogP contribution is 2.14. The van der Waals surface area contributed by atoms with Crippen LogP contribution in [0.25, 0.3) is 0 Å². The Morgan fingerprint density at radius 3 is 2.61 bits per heavy atom. The Morgan fingerprint density at radius 1 is 1.17 bits per heavy atom. The molecule has 1 unspecified atom stereocenters. The second kappa shape index (κ2) is 7.98. The van der Waals surface area contributed by atoms with Gasteiger partial charge in [-0.15, -0.1) is 0 Å². The van der Waals surface area contributed by atoms with E-state index in [1.54, 1.807) is 0 Å². The molecule has 2 N–H and O–H groups in total. The zero-order valence-corrected chi connectivity index (χ0v) is 11.7. The molecule has 0 spiro atoms. The summed E-state index contributed by atoms with van der Waals surface area (Å²) in [5, 5.41) is 0. The number of benzene rings is 1. The van der Waals surface area contributed by atoms with Gasteiger partial charge in [-0.05, 0) is 31.4 Å². The van der Waals surface area contributed by atoms with Crippen molar-refractivity contribution in [3.05, 3.63) is 24.3 Å². The van der Waals surface area contributed by atoms with Crippen molar-refractivity contribution in [2.45, 2.75) is 39.7 Å². The Hall–Kier alpha value is -1.22. The van der Waals surface area contributed by atoms with Crippen LogP contribution >= 0.6 is 0 Å². The van der Waals surface area contributed by atoms with E-state index >= 15 is 0 Å². The third-order valence-electron chi connectivity index (χ3n) is 2.62. The van der Waals surface area contributed by atoms with Gasteiger partial charge >= 0.3 is 0 Å². The van der Waals surface area contributed by atoms with E-state index in [1.165, 1.54) is 0 Å². The van der Waals surface area contributed by atoms with Crippen LogP contribution in [0.4, 0.5) is 5.69 Å². The van der Waals surface area contributed by atoms with Gasteiger partial charge in [-0.25, -0.2) is 0 Å². The summed E-state index contributed by atoms with van der Waals surface area (Å²) in [6, 6.07) is 7.50. The van der Waals surface area contributed by atoms with Crippen molar-refractivity contribution < 1.29 is 9.47 Å². The molecular formula is C15H25NO2. The lowest BCUT2D eigenvalue weighted by Gasteiger charge is -2.15. The molecule has 0 aliphatic rings. The van der Waals surface area contributed by atoms with Gasteiger partial charge in [0.1, 0.15) is 5.75 Å². The van der Waals surface area contributed by atoms with Crippen molar-refractivity contribution in [1.82, 2.24) is 0 Å². The predicted molar refractivity (Wildman–Crippen MR) is 75.8 cm³/mol. The summed E-state index contributed by atoms with van der Waals surface area (Å²) in [4.78, 5) is 0. The summed E-state index contributed by atoms with van der Waals surface area (Å²) in [6.07, 6.45) is 2.34. The second-order valence-corrected chi connectivity index (χ2v) is 5.09. The first-order valence-corrected chi connectivity index (χ1v) is 6.68. The highest BCUT2D eigenvalue weighted by molar-refractivity contribution is 5.43. The zero-order valence-electron chi connectivity index (χ0n) is 11.7. The Morgan fingerprint density at radius 2 is 1.94 bits per heavy atom. The molecule has 3 heteroatoms. The van der Waals surface area contributed by atoms with Gasteiger partial charge in [0.15, 0.2) is 0 Å². The number of nitrogen functional groups attached to an aromatic ring is 1. The molecular weight excluding hydrogens is 226 g/mol. The normalized spacial score (nSPS) is 12.7. The van der Waals surface area contributed by atoms with Crippen molar-refractivity contribution in [2.75, 3.05) is 18.9 Å². The van der Waals surface area contributed by atoms with Crippen LogP contribution in [-0.2, 0) is 4.74 Å². The zero-order chi connectivity index (χ0) is 13.4. The van der Waals surface area contributed by atoms with Crippen LogP contribution in [0, 0.1) is 5.92 Å². The van der Waals surface area contributed by atoms with E-state index in [0.717, 1.165) is 30.9 Å². The van der Waals surface area contributed by atoms with E-state index in [2.05, 4.69) is 20.8 Å². The number of anilines is 1. The van der Waals surface area contributed by atoms with Gasteiger partial charge in [0, 0.05) is 18.2 Å². The Bertz CT molecular complexity index is 339. The lowest BCUT2D eigenvalue weighted by molar-refractivity contribution is 0.0447. The van der Waals surface area contributed by atoms with Gasteiger partial charge in [-0.2, -0.15) is 0 Å². The van der Waals surface area contributed by atoms with Crippen LogP contribution in [0.1, 0.15) is 33.6 Å². The van der Waals surface area contributed by atoms with Crippen molar-refractivity contribution in [2.24, 2.45) is 5.92 Å². The van der Waals surface area contributed by atoms with Gasteiger partial charge in [-0.3, -0.25) is 0 Å².